The maximum atomic E-state index is 12.3. The fraction of sp³-hybridized carbons (Fsp3) is 0.846. The highest BCUT2D eigenvalue weighted by Crippen LogP contribution is 2.27. The van der Waals surface area contributed by atoms with Gasteiger partial charge in [0.15, 0.2) is 0 Å². The minimum Gasteiger partial charge on any atom is -0.481 e. The van der Waals surface area contributed by atoms with Gasteiger partial charge in [-0.05, 0) is 25.7 Å². The first-order chi connectivity index (χ1) is 8.52. The predicted molar refractivity (Wildman–Crippen MR) is 67.3 cm³/mol. The number of aliphatic carboxylic acids is 1. The molecule has 0 radical (unpaired) electrons. The third-order valence-electron chi connectivity index (χ3n) is 4.30. The van der Waals surface area contributed by atoms with E-state index in [0.29, 0.717) is 19.0 Å². The van der Waals surface area contributed by atoms with Crippen molar-refractivity contribution in [3.63, 3.8) is 0 Å². The standard InChI is InChI=1S/C13H22N2O3/c1-3-10-5-4-9(2)15(6-10)13(18)14-7-11(8-14)12(16)17/h9-11H,3-8H2,1-2H3,(H,16,17). The Bertz CT molecular complexity index is 339. The second-order valence-electron chi connectivity index (χ2n) is 5.58. The van der Waals surface area contributed by atoms with E-state index in [1.807, 2.05) is 4.90 Å². The van der Waals surface area contributed by atoms with Gasteiger partial charge in [-0.1, -0.05) is 13.3 Å². The van der Waals surface area contributed by atoms with Crippen molar-refractivity contribution in [3.8, 4) is 0 Å². The summed E-state index contributed by atoms with van der Waals surface area (Å²) in [5.74, 6) is -0.560. The first kappa shape index (κ1) is 13.2. The molecule has 2 amide bonds. The second-order valence-corrected chi connectivity index (χ2v) is 5.58. The molecule has 5 heteroatoms. The molecule has 2 aliphatic heterocycles. The molecule has 2 atom stereocenters. The van der Waals surface area contributed by atoms with Crippen molar-refractivity contribution in [2.45, 2.75) is 39.2 Å². The van der Waals surface area contributed by atoms with Crippen LogP contribution in [0.2, 0.25) is 0 Å². The Morgan fingerprint density at radius 3 is 2.44 bits per heavy atom. The zero-order valence-electron chi connectivity index (χ0n) is 11.1. The van der Waals surface area contributed by atoms with E-state index in [2.05, 4.69) is 13.8 Å². The minimum atomic E-state index is -0.794. The summed E-state index contributed by atoms with van der Waals surface area (Å²) in [4.78, 5) is 26.6. The van der Waals surface area contributed by atoms with E-state index in [4.69, 9.17) is 5.11 Å². The van der Waals surface area contributed by atoms with Gasteiger partial charge in [0.05, 0.1) is 5.92 Å². The maximum absolute atomic E-state index is 12.3. The van der Waals surface area contributed by atoms with Crippen LogP contribution in [0, 0.1) is 11.8 Å². The van der Waals surface area contributed by atoms with Crippen LogP contribution in [-0.4, -0.2) is 52.6 Å². The van der Waals surface area contributed by atoms with Crippen LogP contribution in [0.15, 0.2) is 0 Å². The molecule has 0 saturated carbocycles. The van der Waals surface area contributed by atoms with Crippen LogP contribution in [0.25, 0.3) is 0 Å². The van der Waals surface area contributed by atoms with Crippen LogP contribution < -0.4 is 0 Å². The number of hydrogen-bond donors (Lipinski definition) is 1. The number of piperidine rings is 1. The number of carboxylic acid groups (broad SMARTS) is 1. The highest BCUT2D eigenvalue weighted by atomic mass is 16.4. The molecule has 0 aromatic carbocycles. The summed E-state index contributed by atoms with van der Waals surface area (Å²) in [6.45, 7) is 5.80. The van der Waals surface area contributed by atoms with Crippen LogP contribution in [0.1, 0.15) is 33.1 Å². The summed E-state index contributed by atoms with van der Waals surface area (Å²) in [6.07, 6.45) is 3.36. The molecule has 2 fully saturated rings. The molecule has 5 nitrogen and oxygen atoms in total. The van der Waals surface area contributed by atoms with E-state index in [1.165, 1.54) is 6.42 Å². The Hall–Kier alpha value is -1.26. The van der Waals surface area contributed by atoms with E-state index in [9.17, 15) is 9.59 Å². The van der Waals surface area contributed by atoms with Crippen LogP contribution >= 0.6 is 0 Å². The number of likely N-dealkylation sites (tertiary alicyclic amines) is 2. The highest BCUT2D eigenvalue weighted by Gasteiger charge is 2.39. The zero-order valence-corrected chi connectivity index (χ0v) is 11.1. The molecule has 1 N–H and O–H groups in total. The molecule has 0 aromatic rings. The largest absolute Gasteiger partial charge is 0.481 e. The lowest BCUT2D eigenvalue weighted by Crippen LogP contribution is -2.59. The van der Waals surface area contributed by atoms with E-state index in [1.54, 1.807) is 4.90 Å². The number of carboxylic acids is 1. The van der Waals surface area contributed by atoms with Gasteiger partial charge >= 0.3 is 12.0 Å². The average molecular weight is 254 g/mol. The monoisotopic (exact) mass is 254 g/mol. The van der Waals surface area contributed by atoms with E-state index in [0.717, 1.165) is 19.4 Å². The SMILES string of the molecule is CCC1CCC(C)N(C(=O)N2CC(C(=O)O)C2)C1. The molecule has 102 valence electrons. The molecule has 2 rings (SSSR count). The van der Waals surface area contributed by atoms with Gasteiger partial charge < -0.3 is 14.9 Å². The summed E-state index contributed by atoms with van der Waals surface area (Å²) in [7, 11) is 0. The van der Waals surface area contributed by atoms with Crippen molar-refractivity contribution < 1.29 is 14.7 Å². The lowest BCUT2D eigenvalue weighted by Gasteiger charge is -2.44. The van der Waals surface area contributed by atoms with Crippen LogP contribution in [0.3, 0.4) is 0 Å². The summed E-state index contributed by atoms with van der Waals surface area (Å²) in [6, 6.07) is 0.308. The number of carbonyl (C=O) groups excluding carboxylic acids is 1. The number of nitrogens with zero attached hydrogens (tertiary/aromatic N) is 2. The smallest absolute Gasteiger partial charge is 0.320 e. The molecule has 2 saturated heterocycles. The van der Waals surface area contributed by atoms with Crippen molar-refractivity contribution in [2.75, 3.05) is 19.6 Å². The van der Waals surface area contributed by atoms with E-state index >= 15 is 0 Å². The molecule has 18 heavy (non-hydrogen) atoms. The lowest BCUT2D eigenvalue weighted by atomic mass is 9.91. The molecule has 0 bridgehead atoms. The number of urea groups is 1. The Kier molecular flexibility index (Phi) is 3.78. The van der Waals surface area contributed by atoms with Gasteiger partial charge in [-0.3, -0.25) is 4.79 Å². The quantitative estimate of drug-likeness (QED) is 0.814. The fourth-order valence-corrected chi connectivity index (χ4v) is 2.75. The van der Waals surface area contributed by atoms with Gasteiger partial charge in [0.25, 0.3) is 0 Å². The molecule has 0 aromatic heterocycles. The molecule has 0 spiro atoms. The van der Waals surface area contributed by atoms with Gasteiger partial charge in [-0.2, -0.15) is 0 Å². The van der Waals surface area contributed by atoms with Crippen molar-refractivity contribution >= 4 is 12.0 Å². The summed E-state index contributed by atoms with van der Waals surface area (Å²) >= 11 is 0. The van der Waals surface area contributed by atoms with Gasteiger partial charge in [-0.15, -0.1) is 0 Å². The summed E-state index contributed by atoms with van der Waals surface area (Å²) in [5.41, 5.74) is 0. The normalized spacial score (nSPS) is 29.0. The third-order valence-corrected chi connectivity index (χ3v) is 4.30. The molecular formula is C13H22N2O3. The molecule has 2 unspecified atom stereocenters. The molecular weight excluding hydrogens is 232 g/mol. The summed E-state index contributed by atoms with van der Waals surface area (Å²) in [5, 5.41) is 8.82. The van der Waals surface area contributed by atoms with Gasteiger partial charge in [0.2, 0.25) is 0 Å². The topological polar surface area (TPSA) is 60.9 Å². The van der Waals surface area contributed by atoms with Gasteiger partial charge in [0.1, 0.15) is 0 Å². The average Bonchev–Trinajstić information content (AvgIpc) is 2.27. The molecule has 2 heterocycles. The van der Waals surface area contributed by atoms with Crippen molar-refractivity contribution in [3.05, 3.63) is 0 Å². The Morgan fingerprint density at radius 2 is 1.89 bits per heavy atom. The van der Waals surface area contributed by atoms with Crippen molar-refractivity contribution in [1.29, 1.82) is 0 Å². The maximum Gasteiger partial charge on any atom is 0.320 e. The van der Waals surface area contributed by atoms with E-state index < -0.39 is 5.97 Å². The number of amides is 2. The van der Waals surface area contributed by atoms with Crippen LogP contribution in [0.5, 0.6) is 0 Å². The van der Waals surface area contributed by atoms with Crippen LogP contribution in [0.4, 0.5) is 4.79 Å². The number of carbonyl (C=O) groups is 2. The molecule has 2 aliphatic rings. The first-order valence-electron chi connectivity index (χ1n) is 6.81. The Labute approximate surface area is 108 Å². The third kappa shape index (κ3) is 2.44. The number of hydrogen-bond acceptors (Lipinski definition) is 2. The van der Waals surface area contributed by atoms with Crippen molar-refractivity contribution in [1.82, 2.24) is 9.80 Å². The Morgan fingerprint density at radius 1 is 1.22 bits per heavy atom. The predicted octanol–water partition coefficient (Wildman–Crippen LogP) is 1.63. The second kappa shape index (κ2) is 5.16. The Balaban J connectivity index is 1.90. The number of rotatable bonds is 2. The minimum absolute atomic E-state index is 0.0261. The van der Waals surface area contributed by atoms with Gasteiger partial charge in [-0.25, -0.2) is 4.79 Å². The summed E-state index contributed by atoms with van der Waals surface area (Å²) < 4.78 is 0. The fourth-order valence-electron chi connectivity index (χ4n) is 2.75. The van der Waals surface area contributed by atoms with Crippen LogP contribution in [-0.2, 0) is 4.79 Å². The van der Waals surface area contributed by atoms with Gasteiger partial charge in [0, 0.05) is 25.7 Å². The zero-order chi connectivity index (χ0) is 13.3. The first-order valence-corrected chi connectivity index (χ1v) is 6.81. The molecule has 0 aliphatic carbocycles. The highest BCUT2D eigenvalue weighted by molar-refractivity contribution is 5.80. The van der Waals surface area contributed by atoms with E-state index in [-0.39, 0.29) is 18.0 Å². The lowest BCUT2D eigenvalue weighted by molar-refractivity contribution is -0.146. The van der Waals surface area contributed by atoms with Crippen molar-refractivity contribution in [2.24, 2.45) is 11.8 Å².